The van der Waals surface area contributed by atoms with Crippen LogP contribution >= 0.6 is 23.1 Å². The Morgan fingerprint density at radius 3 is 2.65 bits per heavy atom. The molecule has 1 aromatic heterocycles. The van der Waals surface area contributed by atoms with Crippen LogP contribution in [-0.2, 0) is 0 Å². The topological polar surface area (TPSA) is 12.0 Å². The third kappa shape index (κ3) is 5.45. The monoisotopic (exact) mass is 271 g/mol. The molecule has 0 saturated heterocycles. The van der Waals surface area contributed by atoms with Gasteiger partial charge in [0.25, 0.3) is 0 Å². The largest absolute Gasteiger partial charge is 0.313 e. The van der Waals surface area contributed by atoms with E-state index in [0.29, 0.717) is 11.3 Å². The molecule has 17 heavy (non-hydrogen) atoms. The van der Waals surface area contributed by atoms with Gasteiger partial charge in [0.15, 0.2) is 0 Å². The maximum atomic E-state index is 3.72. The van der Waals surface area contributed by atoms with E-state index in [9.17, 15) is 0 Å². The lowest BCUT2D eigenvalue weighted by atomic mass is 10.1. The number of thioether (sulfide) groups is 1. The van der Waals surface area contributed by atoms with E-state index in [1.165, 1.54) is 29.9 Å². The maximum Gasteiger partial charge on any atom is 0.0601 e. The summed E-state index contributed by atoms with van der Waals surface area (Å²) in [4.78, 5) is 0. The van der Waals surface area contributed by atoms with Gasteiger partial charge in [0.05, 0.1) is 4.21 Å². The fourth-order valence-electron chi connectivity index (χ4n) is 1.99. The second kappa shape index (κ2) is 9.01. The summed E-state index contributed by atoms with van der Waals surface area (Å²) in [5.41, 5.74) is 0. The number of thiophene rings is 1. The van der Waals surface area contributed by atoms with Crippen molar-refractivity contribution in [2.45, 2.75) is 62.0 Å². The molecular weight excluding hydrogens is 246 g/mol. The molecular formula is C14H25NS2. The van der Waals surface area contributed by atoms with Gasteiger partial charge >= 0.3 is 0 Å². The summed E-state index contributed by atoms with van der Waals surface area (Å²) in [5, 5.41) is 6.60. The molecule has 1 nitrogen and oxygen atoms in total. The normalized spacial score (nSPS) is 14.8. The average molecular weight is 271 g/mol. The molecule has 1 N–H and O–H groups in total. The third-order valence-electron chi connectivity index (χ3n) is 2.87. The Morgan fingerprint density at radius 2 is 2.12 bits per heavy atom. The molecule has 0 radical (unpaired) electrons. The Hall–Kier alpha value is 0.01000. The van der Waals surface area contributed by atoms with Crippen LogP contribution in [0.4, 0.5) is 0 Å². The Balaban J connectivity index is 2.53. The predicted molar refractivity (Wildman–Crippen MR) is 81.2 cm³/mol. The number of hydrogen-bond donors (Lipinski definition) is 1. The zero-order valence-corrected chi connectivity index (χ0v) is 12.9. The first kappa shape index (κ1) is 15.1. The van der Waals surface area contributed by atoms with E-state index in [1.54, 1.807) is 0 Å². The molecule has 0 saturated carbocycles. The quantitative estimate of drug-likeness (QED) is 0.648. The van der Waals surface area contributed by atoms with Crippen LogP contribution in [-0.4, -0.2) is 17.8 Å². The molecule has 1 aromatic rings. The molecule has 3 heteroatoms. The Bertz CT molecular complexity index is 272. The van der Waals surface area contributed by atoms with Gasteiger partial charge in [0.1, 0.15) is 0 Å². The van der Waals surface area contributed by atoms with Crippen LogP contribution in [0.2, 0.25) is 0 Å². The molecule has 0 bridgehead atoms. The summed E-state index contributed by atoms with van der Waals surface area (Å²) >= 11 is 3.91. The molecule has 0 aromatic carbocycles. The average Bonchev–Trinajstić information content (AvgIpc) is 2.84. The lowest BCUT2D eigenvalue weighted by Gasteiger charge is -2.26. The highest BCUT2D eigenvalue weighted by Gasteiger charge is 2.19. The van der Waals surface area contributed by atoms with Gasteiger partial charge in [0, 0.05) is 11.3 Å². The van der Waals surface area contributed by atoms with Crippen molar-refractivity contribution >= 4 is 23.1 Å². The van der Waals surface area contributed by atoms with Gasteiger partial charge in [-0.15, -0.1) is 23.1 Å². The highest BCUT2D eigenvalue weighted by molar-refractivity contribution is 8.01. The van der Waals surface area contributed by atoms with Crippen LogP contribution in [0.15, 0.2) is 21.7 Å². The standard InChI is InChI=1S/C14H25NS2/c1-4-8-12(15-10-5-2)13(6-3)17-14-9-7-11-16-14/h7,9,11-13,15H,4-6,8,10H2,1-3H3. The molecule has 0 fully saturated rings. The minimum Gasteiger partial charge on any atom is -0.313 e. The van der Waals surface area contributed by atoms with Crippen LogP contribution in [0.5, 0.6) is 0 Å². The first-order valence-electron chi connectivity index (χ1n) is 6.75. The van der Waals surface area contributed by atoms with Crippen LogP contribution in [0.3, 0.4) is 0 Å². The van der Waals surface area contributed by atoms with E-state index in [4.69, 9.17) is 0 Å². The summed E-state index contributed by atoms with van der Waals surface area (Å²) < 4.78 is 1.45. The van der Waals surface area contributed by atoms with Gasteiger partial charge in [-0.1, -0.05) is 33.3 Å². The first-order chi connectivity index (χ1) is 8.31. The second-order valence-electron chi connectivity index (χ2n) is 4.35. The first-order valence-corrected chi connectivity index (χ1v) is 8.51. The Labute approximate surface area is 114 Å². The fraction of sp³-hybridized carbons (Fsp3) is 0.714. The highest BCUT2D eigenvalue weighted by Crippen LogP contribution is 2.32. The lowest BCUT2D eigenvalue weighted by molar-refractivity contribution is 0.454. The minimum absolute atomic E-state index is 0.664. The molecule has 98 valence electrons. The van der Waals surface area contributed by atoms with E-state index in [2.05, 4.69) is 43.6 Å². The van der Waals surface area contributed by atoms with Crippen LogP contribution in [0, 0.1) is 0 Å². The molecule has 0 aliphatic heterocycles. The fourth-order valence-corrected chi connectivity index (χ4v) is 4.22. The lowest BCUT2D eigenvalue weighted by Crippen LogP contribution is -2.38. The zero-order chi connectivity index (χ0) is 12.5. The summed E-state index contributed by atoms with van der Waals surface area (Å²) in [6.07, 6.45) is 5.02. The van der Waals surface area contributed by atoms with Gasteiger partial charge < -0.3 is 5.32 Å². The van der Waals surface area contributed by atoms with Gasteiger partial charge in [-0.25, -0.2) is 0 Å². The molecule has 0 aliphatic rings. The Morgan fingerprint density at radius 1 is 1.29 bits per heavy atom. The Kier molecular flexibility index (Phi) is 7.99. The number of nitrogens with one attached hydrogen (secondary N) is 1. The highest BCUT2D eigenvalue weighted by atomic mass is 32.2. The van der Waals surface area contributed by atoms with Crippen molar-refractivity contribution in [3.8, 4) is 0 Å². The van der Waals surface area contributed by atoms with E-state index >= 15 is 0 Å². The molecule has 0 aliphatic carbocycles. The summed E-state index contributed by atoms with van der Waals surface area (Å²) in [6, 6.07) is 5.05. The van der Waals surface area contributed by atoms with Crippen LogP contribution < -0.4 is 5.32 Å². The third-order valence-corrected chi connectivity index (χ3v) is 5.44. The molecule has 2 atom stereocenters. The zero-order valence-electron chi connectivity index (χ0n) is 11.2. The maximum absolute atomic E-state index is 3.72. The van der Waals surface area contributed by atoms with Crippen LogP contribution in [0.25, 0.3) is 0 Å². The van der Waals surface area contributed by atoms with Crippen LogP contribution in [0.1, 0.15) is 46.5 Å². The molecule has 0 amide bonds. The summed E-state index contributed by atoms with van der Waals surface area (Å²) in [5.74, 6) is 0. The predicted octanol–water partition coefficient (Wildman–Crippen LogP) is 4.79. The number of hydrogen-bond acceptors (Lipinski definition) is 3. The molecule has 1 heterocycles. The van der Waals surface area contributed by atoms with Gasteiger partial charge in [-0.2, -0.15) is 0 Å². The van der Waals surface area contributed by atoms with E-state index in [1.807, 2.05) is 23.1 Å². The van der Waals surface area contributed by atoms with Crippen molar-refractivity contribution < 1.29 is 0 Å². The van der Waals surface area contributed by atoms with Crippen molar-refractivity contribution in [2.75, 3.05) is 6.54 Å². The van der Waals surface area contributed by atoms with E-state index < -0.39 is 0 Å². The summed E-state index contributed by atoms with van der Waals surface area (Å²) in [6.45, 7) is 7.97. The molecule has 0 spiro atoms. The van der Waals surface area contributed by atoms with Crippen molar-refractivity contribution in [1.29, 1.82) is 0 Å². The van der Waals surface area contributed by atoms with Gasteiger partial charge in [0.2, 0.25) is 0 Å². The minimum atomic E-state index is 0.664. The number of rotatable bonds is 9. The van der Waals surface area contributed by atoms with Gasteiger partial charge in [-0.05, 0) is 37.3 Å². The SMILES string of the molecule is CCCNC(CCC)C(CC)Sc1cccs1. The van der Waals surface area contributed by atoms with E-state index in [-0.39, 0.29) is 0 Å². The van der Waals surface area contributed by atoms with Crippen molar-refractivity contribution in [1.82, 2.24) is 5.32 Å². The summed E-state index contributed by atoms with van der Waals surface area (Å²) in [7, 11) is 0. The molecule has 1 rings (SSSR count). The molecule has 2 unspecified atom stereocenters. The van der Waals surface area contributed by atoms with E-state index in [0.717, 1.165) is 6.54 Å². The van der Waals surface area contributed by atoms with Crippen molar-refractivity contribution in [2.24, 2.45) is 0 Å². The second-order valence-corrected chi connectivity index (χ2v) is 6.83. The van der Waals surface area contributed by atoms with Gasteiger partial charge in [-0.3, -0.25) is 0 Å². The van der Waals surface area contributed by atoms with Crippen molar-refractivity contribution in [3.05, 3.63) is 17.5 Å². The smallest absolute Gasteiger partial charge is 0.0601 e. The van der Waals surface area contributed by atoms with Crippen molar-refractivity contribution in [3.63, 3.8) is 0 Å².